The number of carbonyl (C=O) groups is 3. The highest BCUT2D eigenvalue weighted by atomic mass is 19.1. The van der Waals surface area contributed by atoms with Crippen LogP contribution in [0.1, 0.15) is 41.6 Å². The molecule has 0 aliphatic carbocycles. The number of methoxy groups -OCH3 is 1. The summed E-state index contributed by atoms with van der Waals surface area (Å²) in [6.45, 7) is 6.45. The van der Waals surface area contributed by atoms with Crippen LogP contribution in [0.4, 0.5) is 14.9 Å². The van der Waals surface area contributed by atoms with Crippen LogP contribution in [0.15, 0.2) is 53.3 Å². The highest BCUT2D eigenvalue weighted by Gasteiger charge is 2.33. The van der Waals surface area contributed by atoms with E-state index < -0.39 is 23.8 Å². The van der Waals surface area contributed by atoms with Crippen LogP contribution in [0.2, 0.25) is 0 Å². The lowest BCUT2D eigenvalue weighted by molar-refractivity contribution is -0.120. The fourth-order valence-corrected chi connectivity index (χ4v) is 4.06. The number of fused-ring (bicyclic) bond motifs is 2. The van der Waals surface area contributed by atoms with Gasteiger partial charge in [-0.25, -0.2) is 9.18 Å². The van der Waals surface area contributed by atoms with E-state index in [9.17, 15) is 18.8 Å². The van der Waals surface area contributed by atoms with Gasteiger partial charge in [0, 0.05) is 45.1 Å². The van der Waals surface area contributed by atoms with Gasteiger partial charge in [-0.2, -0.15) is 5.10 Å². The standard InChI is InChI=1S/C10H10FNO2.C10H7N3O3.C7H14N4.C2H6/c1-12-5-6-3-4-7(14-2)9(11)8(6)10(12)13;14-9-8(12-10(15)13-9)7-4-5-6(16-7)2-1-3-11-5;1-11(2)4-3-8-7-5-9-10-6-7;1-2/h3-4H,5H2,1-2H3;1-4,8H,(H2,12,13,14,15);5-6,8H,3-4H2,1-2H3,(H,9,10);1-2H3. The Morgan fingerprint density at radius 1 is 1.21 bits per heavy atom. The van der Waals surface area contributed by atoms with E-state index in [0.29, 0.717) is 23.4 Å². The topological polar surface area (TPSA) is 158 Å². The van der Waals surface area contributed by atoms with Crippen molar-refractivity contribution in [3.63, 3.8) is 0 Å². The molecule has 3 aromatic heterocycles. The molecule has 5 heterocycles. The van der Waals surface area contributed by atoms with Crippen molar-refractivity contribution in [2.75, 3.05) is 46.7 Å². The largest absolute Gasteiger partial charge is 0.494 e. The number of imide groups is 1. The van der Waals surface area contributed by atoms with Crippen molar-refractivity contribution in [1.29, 1.82) is 0 Å². The Morgan fingerprint density at radius 2 is 1.98 bits per heavy atom. The van der Waals surface area contributed by atoms with Crippen molar-refractivity contribution in [1.82, 2.24) is 35.6 Å². The molecular formula is C29H37FN8O5. The zero-order valence-electron chi connectivity index (χ0n) is 25.0. The number of H-pyrrole nitrogens is 1. The third-order valence-corrected chi connectivity index (χ3v) is 6.13. The van der Waals surface area contributed by atoms with Crippen molar-refractivity contribution in [3.8, 4) is 5.75 Å². The van der Waals surface area contributed by atoms with Gasteiger partial charge in [0.1, 0.15) is 11.3 Å². The summed E-state index contributed by atoms with van der Waals surface area (Å²) in [5, 5.41) is 14.4. The van der Waals surface area contributed by atoms with Crippen molar-refractivity contribution in [2.24, 2.45) is 0 Å². The number of amides is 4. The molecule has 4 amide bonds. The summed E-state index contributed by atoms with van der Waals surface area (Å²) in [5.74, 6) is -0.746. The highest BCUT2D eigenvalue weighted by Crippen LogP contribution is 2.29. The van der Waals surface area contributed by atoms with Gasteiger partial charge in [-0.05, 0) is 37.9 Å². The van der Waals surface area contributed by atoms with Gasteiger partial charge in [-0.15, -0.1) is 0 Å². The third kappa shape index (κ3) is 8.29. The summed E-state index contributed by atoms with van der Waals surface area (Å²) in [6.07, 6.45) is 5.25. The summed E-state index contributed by atoms with van der Waals surface area (Å²) in [6, 6.07) is 7.12. The molecular weight excluding hydrogens is 559 g/mol. The number of nitrogens with one attached hydrogen (secondary N) is 4. The minimum Gasteiger partial charge on any atom is -0.494 e. The number of hydrogen-bond donors (Lipinski definition) is 4. The van der Waals surface area contributed by atoms with Gasteiger partial charge in [0.15, 0.2) is 23.2 Å². The maximum absolute atomic E-state index is 13.6. The number of pyridine rings is 1. The summed E-state index contributed by atoms with van der Waals surface area (Å²) < 4.78 is 23.9. The highest BCUT2D eigenvalue weighted by molar-refractivity contribution is 6.04. The predicted molar refractivity (Wildman–Crippen MR) is 159 cm³/mol. The van der Waals surface area contributed by atoms with Crippen LogP contribution in [0.3, 0.4) is 0 Å². The van der Waals surface area contributed by atoms with Crippen molar-refractivity contribution < 1.29 is 27.9 Å². The van der Waals surface area contributed by atoms with Gasteiger partial charge in [0.25, 0.3) is 11.8 Å². The molecule has 2 aliphatic heterocycles. The SMILES string of the molecule is CC.CN(C)CCNc1cn[nH]c1.COc1ccc2c(c1F)C(=O)N(C)C2.O=C1NC(=O)C(c2cc3ncccc3o2)N1. The quantitative estimate of drug-likeness (QED) is 0.244. The number of anilines is 1. The molecule has 1 fully saturated rings. The molecule has 4 aromatic rings. The first-order chi connectivity index (χ1) is 20.7. The van der Waals surface area contributed by atoms with Gasteiger partial charge >= 0.3 is 6.03 Å². The number of furan rings is 1. The van der Waals surface area contributed by atoms with Crippen molar-refractivity contribution in [3.05, 3.63) is 71.6 Å². The second-order valence-corrected chi connectivity index (χ2v) is 9.43. The summed E-state index contributed by atoms with van der Waals surface area (Å²) in [5.41, 5.74) is 3.16. The number of benzene rings is 1. The predicted octanol–water partition coefficient (Wildman–Crippen LogP) is 3.54. The number of urea groups is 1. The molecule has 0 radical (unpaired) electrons. The van der Waals surface area contributed by atoms with Crippen LogP contribution < -0.4 is 20.7 Å². The van der Waals surface area contributed by atoms with Gasteiger partial charge in [0.2, 0.25) is 0 Å². The monoisotopic (exact) mass is 596 g/mol. The van der Waals surface area contributed by atoms with Crippen molar-refractivity contribution >= 4 is 34.6 Å². The van der Waals surface area contributed by atoms with E-state index in [1.54, 1.807) is 49.8 Å². The second-order valence-electron chi connectivity index (χ2n) is 9.43. The number of carbonyl (C=O) groups excluding carboxylic acids is 3. The Bertz CT molecular complexity index is 1490. The first kappa shape index (κ1) is 32.5. The Morgan fingerprint density at radius 3 is 2.58 bits per heavy atom. The van der Waals surface area contributed by atoms with Gasteiger partial charge in [0.05, 0.1) is 24.6 Å². The number of halogens is 1. The van der Waals surface area contributed by atoms with E-state index in [1.165, 1.54) is 12.0 Å². The molecule has 0 saturated carbocycles. The van der Waals surface area contributed by atoms with Crippen LogP contribution >= 0.6 is 0 Å². The Kier molecular flexibility index (Phi) is 11.6. The number of rotatable bonds is 6. The first-order valence-electron chi connectivity index (χ1n) is 13.6. The van der Waals surface area contributed by atoms with Crippen LogP contribution in [-0.4, -0.2) is 84.2 Å². The molecule has 13 nitrogen and oxygen atoms in total. The Labute approximate surface area is 248 Å². The molecule has 43 heavy (non-hydrogen) atoms. The lowest BCUT2D eigenvalue weighted by atomic mass is 10.1. The second kappa shape index (κ2) is 15.3. The van der Waals surface area contributed by atoms with Crippen LogP contribution in [0.5, 0.6) is 5.75 Å². The first-order valence-corrected chi connectivity index (χ1v) is 13.6. The van der Waals surface area contributed by atoms with Crippen LogP contribution in [0.25, 0.3) is 11.1 Å². The zero-order valence-corrected chi connectivity index (χ0v) is 25.0. The number of hydrogen-bond acceptors (Lipinski definition) is 9. The van der Waals surface area contributed by atoms with E-state index in [1.807, 2.05) is 20.0 Å². The minimum absolute atomic E-state index is 0.118. The molecule has 2 aliphatic rings. The van der Waals surface area contributed by atoms with E-state index in [2.05, 4.69) is 50.1 Å². The Hall–Kier alpha value is -4.98. The molecule has 1 aromatic carbocycles. The average Bonchev–Trinajstić information content (AvgIpc) is 3.78. The zero-order chi connectivity index (χ0) is 31.5. The lowest BCUT2D eigenvalue weighted by Gasteiger charge is -2.09. The van der Waals surface area contributed by atoms with Gasteiger partial charge in [-0.3, -0.25) is 25.0 Å². The smallest absolute Gasteiger partial charge is 0.322 e. The fourth-order valence-electron chi connectivity index (χ4n) is 4.06. The summed E-state index contributed by atoms with van der Waals surface area (Å²) >= 11 is 0. The van der Waals surface area contributed by atoms with E-state index >= 15 is 0 Å². The molecule has 230 valence electrons. The maximum atomic E-state index is 13.6. The summed E-state index contributed by atoms with van der Waals surface area (Å²) in [4.78, 5) is 41.5. The molecule has 6 rings (SSSR count). The molecule has 0 spiro atoms. The molecule has 14 heteroatoms. The average molecular weight is 597 g/mol. The van der Waals surface area contributed by atoms with Crippen LogP contribution in [0, 0.1) is 5.82 Å². The van der Waals surface area contributed by atoms with E-state index in [0.717, 1.165) is 24.3 Å². The number of ether oxygens (including phenoxy) is 1. The molecule has 4 N–H and O–H groups in total. The third-order valence-electron chi connectivity index (χ3n) is 6.13. The minimum atomic E-state index is -0.762. The maximum Gasteiger partial charge on any atom is 0.322 e. The normalized spacial score (nSPS) is 14.9. The molecule has 1 unspecified atom stereocenters. The van der Waals surface area contributed by atoms with E-state index in [4.69, 9.17) is 9.15 Å². The Balaban J connectivity index is 0.000000175. The molecule has 0 bridgehead atoms. The summed E-state index contributed by atoms with van der Waals surface area (Å²) in [7, 11) is 7.14. The van der Waals surface area contributed by atoms with Gasteiger partial charge in [-0.1, -0.05) is 19.9 Å². The molecule has 1 saturated heterocycles. The van der Waals surface area contributed by atoms with Crippen LogP contribution in [-0.2, 0) is 11.3 Å². The fraction of sp³-hybridized carbons (Fsp3) is 0.345. The number of aromatic nitrogens is 3. The van der Waals surface area contributed by atoms with Crippen molar-refractivity contribution in [2.45, 2.75) is 26.4 Å². The molecule has 1 atom stereocenters. The number of nitrogens with zero attached hydrogens (tertiary/aromatic N) is 4. The number of aromatic amines is 1. The van der Waals surface area contributed by atoms with E-state index in [-0.39, 0.29) is 17.2 Å². The lowest BCUT2D eigenvalue weighted by Crippen LogP contribution is -2.22. The van der Waals surface area contributed by atoms with Gasteiger partial charge < -0.3 is 29.6 Å². The number of likely N-dealkylation sites (N-methyl/N-ethyl adjacent to an activating group) is 1.